The molecule has 0 radical (unpaired) electrons. The maximum atomic E-state index is 12.7. The zero-order valence-corrected chi connectivity index (χ0v) is 18.1. The number of fused-ring (bicyclic) bond motifs is 5. The monoisotopic (exact) mass is 416 g/mol. The second kappa shape index (κ2) is 7.22. The van der Waals surface area contributed by atoms with Gasteiger partial charge in [0, 0.05) is 29.4 Å². The van der Waals surface area contributed by atoms with E-state index in [1.54, 1.807) is 12.2 Å². The average molecular weight is 417 g/mol. The molecule has 4 aliphatic carbocycles. The Labute approximate surface area is 175 Å². The first kappa shape index (κ1) is 20.6. The van der Waals surface area contributed by atoms with Gasteiger partial charge in [-0.15, -0.1) is 0 Å². The highest BCUT2D eigenvalue weighted by Crippen LogP contribution is 2.65. The summed E-state index contributed by atoms with van der Waals surface area (Å²) in [6, 6.07) is 0. The Balaban J connectivity index is 1.68. The third-order valence-corrected chi connectivity index (χ3v) is 9.11. The van der Waals surface area contributed by atoms with Gasteiger partial charge in [-0.05, 0) is 55.6 Å². The topological polar surface area (TPSA) is 77.5 Å². The molecule has 29 heavy (non-hydrogen) atoms. The van der Waals surface area contributed by atoms with Crippen molar-refractivity contribution in [2.45, 2.75) is 58.1 Å². The number of ether oxygens (including phenoxy) is 1. The molecule has 0 spiro atoms. The van der Waals surface area contributed by atoms with E-state index in [2.05, 4.69) is 19.9 Å². The van der Waals surface area contributed by atoms with Gasteiger partial charge < -0.3 is 4.74 Å². The van der Waals surface area contributed by atoms with Crippen molar-refractivity contribution in [2.75, 3.05) is 6.61 Å². The molecule has 3 saturated carbocycles. The molecular weight excluding hydrogens is 388 g/mol. The zero-order valence-electron chi connectivity index (χ0n) is 17.2. The number of carbonyl (C=O) groups is 4. The van der Waals surface area contributed by atoms with Gasteiger partial charge in [-0.1, -0.05) is 37.3 Å². The van der Waals surface area contributed by atoms with Crippen molar-refractivity contribution >= 4 is 34.4 Å². The van der Waals surface area contributed by atoms with Crippen LogP contribution in [-0.2, 0) is 23.9 Å². The highest BCUT2D eigenvalue weighted by molar-refractivity contribution is 8.14. The van der Waals surface area contributed by atoms with Gasteiger partial charge in [-0.25, -0.2) is 0 Å². The molecule has 5 nitrogen and oxygen atoms in total. The Morgan fingerprint density at radius 1 is 1.21 bits per heavy atom. The number of ketones is 2. The van der Waals surface area contributed by atoms with E-state index >= 15 is 0 Å². The van der Waals surface area contributed by atoms with E-state index < -0.39 is 5.97 Å². The first-order chi connectivity index (χ1) is 13.6. The van der Waals surface area contributed by atoms with Crippen molar-refractivity contribution in [1.29, 1.82) is 0 Å². The van der Waals surface area contributed by atoms with Gasteiger partial charge in [0.2, 0.25) is 5.12 Å². The second-order valence-electron chi connectivity index (χ2n) is 9.41. The van der Waals surface area contributed by atoms with E-state index in [-0.39, 0.29) is 45.4 Å². The highest BCUT2D eigenvalue weighted by Gasteiger charge is 2.61. The molecule has 156 valence electrons. The van der Waals surface area contributed by atoms with Gasteiger partial charge in [0.15, 0.2) is 12.4 Å². The molecule has 0 heterocycles. The maximum Gasteiger partial charge on any atom is 0.303 e. The number of hydrogen-bond acceptors (Lipinski definition) is 6. The van der Waals surface area contributed by atoms with Crippen LogP contribution in [0.1, 0.15) is 52.9 Å². The molecule has 0 aromatic rings. The van der Waals surface area contributed by atoms with E-state index in [0.717, 1.165) is 24.8 Å². The van der Waals surface area contributed by atoms with Gasteiger partial charge in [0.05, 0.1) is 0 Å². The van der Waals surface area contributed by atoms with Crippen LogP contribution in [-0.4, -0.2) is 34.5 Å². The van der Waals surface area contributed by atoms with Gasteiger partial charge >= 0.3 is 5.97 Å². The first-order valence-corrected chi connectivity index (χ1v) is 11.3. The molecule has 4 rings (SSSR count). The van der Waals surface area contributed by atoms with E-state index in [1.165, 1.54) is 18.7 Å². The summed E-state index contributed by atoms with van der Waals surface area (Å²) < 4.78 is 4.90. The number of thioether (sulfide) groups is 1. The van der Waals surface area contributed by atoms with Crippen LogP contribution in [0.2, 0.25) is 0 Å². The number of carbonyl (C=O) groups excluding carboxylic acids is 4. The minimum absolute atomic E-state index is 0.00241. The predicted octanol–water partition coefficient (Wildman–Crippen LogP) is 3.66. The van der Waals surface area contributed by atoms with Crippen LogP contribution in [0.3, 0.4) is 0 Å². The lowest BCUT2D eigenvalue weighted by molar-refractivity contribution is -0.143. The van der Waals surface area contributed by atoms with Gasteiger partial charge in [0.25, 0.3) is 0 Å². The van der Waals surface area contributed by atoms with E-state index in [4.69, 9.17) is 4.74 Å². The number of Topliss-reactive ketones (excluding diaryl/α,β-unsaturated/α-hetero) is 1. The lowest BCUT2D eigenvalue weighted by Crippen LogP contribution is -2.54. The third kappa shape index (κ3) is 3.33. The highest BCUT2D eigenvalue weighted by atomic mass is 32.2. The van der Waals surface area contributed by atoms with Crippen LogP contribution in [0.25, 0.3) is 0 Å². The van der Waals surface area contributed by atoms with Crippen LogP contribution in [0.4, 0.5) is 0 Å². The smallest absolute Gasteiger partial charge is 0.303 e. The normalized spacial score (nSPS) is 40.6. The number of hydrogen-bond donors (Lipinski definition) is 0. The van der Waals surface area contributed by atoms with Crippen LogP contribution < -0.4 is 0 Å². The van der Waals surface area contributed by atoms with Crippen LogP contribution in [0, 0.1) is 28.6 Å². The summed E-state index contributed by atoms with van der Waals surface area (Å²) in [6.45, 7) is 5.38. The Hall–Kier alpha value is -1.69. The molecular formula is C23H28O5S. The lowest BCUT2D eigenvalue weighted by atomic mass is 9.48. The molecule has 0 N–H and O–H groups in total. The minimum Gasteiger partial charge on any atom is -0.457 e. The number of allylic oxidation sites excluding steroid dienone is 4. The summed E-state index contributed by atoms with van der Waals surface area (Å²) in [5.74, 6) is 0.684. The predicted molar refractivity (Wildman–Crippen MR) is 110 cm³/mol. The molecule has 0 aromatic carbocycles. The summed E-state index contributed by atoms with van der Waals surface area (Å²) in [5.41, 5.74) is 0.601. The average Bonchev–Trinajstić information content (AvgIpc) is 2.96. The molecule has 3 fully saturated rings. The SMILES string of the molecule is CC(=O)OCC(=O)S[C@@H]1CC2=CC(=O)C=C[C@]2(C)[C@H]2CC[C@]3(C)C(=O)CC[C@H]3[C@H]12. The van der Waals surface area contributed by atoms with Crippen molar-refractivity contribution in [3.05, 3.63) is 23.8 Å². The van der Waals surface area contributed by atoms with Crippen molar-refractivity contribution < 1.29 is 23.9 Å². The molecule has 0 aromatic heterocycles. The number of rotatable bonds is 3. The van der Waals surface area contributed by atoms with Crippen LogP contribution in [0.15, 0.2) is 23.8 Å². The van der Waals surface area contributed by atoms with Crippen molar-refractivity contribution in [1.82, 2.24) is 0 Å². The lowest BCUT2D eigenvalue weighted by Gasteiger charge is -2.58. The Bertz CT molecular complexity index is 842. The van der Waals surface area contributed by atoms with E-state index in [9.17, 15) is 19.2 Å². The van der Waals surface area contributed by atoms with Crippen LogP contribution in [0.5, 0.6) is 0 Å². The number of esters is 1. The zero-order chi connectivity index (χ0) is 21.0. The Morgan fingerprint density at radius 2 is 1.97 bits per heavy atom. The molecule has 0 amide bonds. The van der Waals surface area contributed by atoms with Crippen molar-refractivity contribution in [2.24, 2.45) is 28.6 Å². The molecule has 0 saturated heterocycles. The van der Waals surface area contributed by atoms with E-state index in [0.29, 0.717) is 24.5 Å². The Morgan fingerprint density at radius 3 is 2.69 bits per heavy atom. The molecule has 0 aliphatic heterocycles. The molecule has 6 heteroatoms. The van der Waals surface area contributed by atoms with Crippen molar-refractivity contribution in [3.8, 4) is 0 Å². The maximum absolute atomic E-state index is 12.7. The fourth-order valence-corrected chi connectivity index (χ4v) is 7.66. The van der Waals surface area contributed by atoms with Crippen molar-refractivity contribution in [3.63, 3.8) is 0 Å². The quantitative estimate of drug-likeness (QED) is 0.654. The Kier molecular flexibility index (Phi) is 5.12. The summed E-state index contributed by atoms with van der Waals surface area (Å²) >= 11 is 1.25. The molecule has 4 aliphatic rings. The largest absolute Gasteiger partial charge is 0.457 e. The summed E-state index contributed by atoms with van der Waals surface area (Å²) in [7, 11) is 0. The fourth-order valence-electron chi connectivity index (χ4n) is 6.40. The first-order valence-electron chi connectivity index (χ1n) is 10.5. The van der Waals surface area contributed by atoms with Gasteiger partial charge in [0.1, 0.15) is 5.78 Å². The summed E-state index contributed by atoms with van der Waals surface area (Å²) in [6.07, 6.45) is 9.43. The molecule has 0 bridgehead atoms. The second-order valence-corrected chi connectivity index (χ2v) is 10.7. The molecule has 6 atom stereocenters. The van der Waals surface area contributed by atoms with Crippen LogP contribution >= 0.6 is 11.8 Å². The fraction of sp³-hybridized carbons (Fsp3) is 0.652. The summed E-state index contributed by atoms with van der Waals surface area (Å²) in [5, 5.41) is -0.167. The third-order valence-electron chi connectivity index (χ3n) is 7.94. The standard InChI is InChI=1S/C23H28O5S/c1-13(24)28-12-20(27)29-18-11-14-10-15(25)6-8-22(14,2)17-7-9-23(3)16(21(17)18)4-5-19(23)26/h6,8,10,16-18,21H,4-5,7,9,11-12H2,1-3H3/t16-,17-,18+,21-,22-,23-/m0/s1. The van der Waals surface area contributed by atoms with E-state index in [1.807, 2.05) is 0 Å². The minimum atomic E-state index is -0.467. The van der Waals surface area contributed by atoms with Gasteiger partial charge in [-0.2, -0.15) is 0 Å². The summed E-state index contributed by atoms with van der Waals surface area (Å²) in [4.78, 5) is 48.4. The molecule has 0 unspecified atom stereocenters. The van der Waals surface area contributed by atoms with Gasteiger partial charge in [-0.3, -0.25) is 19.2 Å².